The first kappa shape index (κ1) is 19.6. The molecule has 0 aliphatic heterocycles. The zero-order chi connectivity index (χ0) is 21.4. The van der Waals surface area contributed by atoms with Gasteiger partial charge in [-0.1, -0.05) is 0 Å². The van der Waals surface area contributed by atoms with Gasteiger partial charge in [-0.25, -0.2) is 13.9 Å². The summed E-state index contributed by atoms with van der Waals surface area (Å²) in [5.74, 6) is 1.62. The fraction of sp³-hybridized carbons (Fsp3) is 0.455. The Morgan fingerprint density at radius 2 is 2.06 bits per heavy atom. The molecule has 1 aliphatic carbocycles. The van der Waals surface area contributed by atoms with Gasteiger partial charge in [-0.2, -0.15) is 9.97 Å². The molecule has 31 heavy (non-hydrogen) atoms. The number of hydrogen-bond donors (Lipinski definition) is 1. The first-order chi connectivity index (χ1) is 15.1. The zero-order valence-electron chi connectivity index (χ0n) is 17.9. The zero-order valence-corrected chi connectivity index (χ0v) is 17.9. The molecule has 1 aliphatic rings. The van der Waals surface area contributed by atoms with Crippen LogP contribution in [0.15, 0.2) is 24.7 Å². The van der Waals surface area contributed by atoms with Gasteiger partial charge >= 0.3 is 0 Å². The van der Waals surface area contributed by atoms with E-state index in [9.17, 15) is 0 Å². The highest BCUT2D eigenvalue weighted by molar-refractivity contribution is 5.84. The highest BCUT2D eigenvalue weighted by atomic mass is 16.5. The van der Waals surface area contributed by atoms with Crippen LogP contribution in [0.25, 0.3) is 22.4 Å². The summed E-state index contributed by atoms with van der Waals surface area (Å²) in [6, 6.07) is 2.30. The van der Waals surface area contributed by atoms with Crippen LogP contribution in [-0.2, 0) is 4.74 Å². The van der Waals surface area contributed by atoms with E-state index in [1.54, 1.807) is 22.2 Å². The monoisotopic (exact) mass is 419 g/mol. The van der Waals surface area contributed by atoms with Crippen molar-refractivity contribution in [3.63, 3.8) is 0 Å². The molecule has 0 unspecified atom stereocenters. The van der Waals surface area contributed by atoms with E-state index in [1.165, 1.54) is 0 Å². The molecule has 0 bridgehead atoms. The number of ether oxygens (including phenoxy) is 2. The molecule has 0 spiro atoms. The molecular weight excluding hydrogens is 394 g/mol. The van der Waals surface area contributed by atoms with Crippen molar-refractivity contribution in [1.82, 2.24) is 29.0 Å². The second-order valence-corrected chi connectivity index (χ2v) is 8.12. The Morgan fingerprint density at radius 1 is 1.23 bits per heavy atom. The number of nitrogens with one attached hydrogen (secondary N) is 1. The lowest BCUT2D eigenvalue weighted by atomic mass is 9.93. The van der Waals surface area contributed by atoms with Crippen LogP contribution in [0, 0.1) is 12.4 Å². The summed E-state index contributed by atoms with van der Waals surface area (Å²) >= 11 is 0. The normalized spacial score (nSPS) is 19.1. The molecule has 0 atom stereocenters. The largest absolute Gasteiger partial charge is 0.479 e. The van der Waals surface area contributed by atoms with Crippen molar-refractivity contribution in [3.8, 4) is 17.0 Å². The highest BCUT2D eigenvalue weighted by Gasteiger charge is 2.24. The van der Waals surface area contributed by atoms with E-state index in [4.69, 9.17) is 9.47 Å². The number of rotatable bonds is 6. The van der Waals surface area contributed by atoms with Gasteiger partial charge in [-0.3, -0.25) is 0 Å². The second-order valence-electron chi connectivity index (χ2n) is 8.12. The smallest absolute Gasteiger partial charge is 0.250 e. The third kappa shape index (κ3) is 3.86. The lowest BCUT2D eigenvalue weighted by Crippen LogP contribution is -2.31. The molecule has 4 aromatic rings. The Balaban J connectivity index is 1.39. The quantitative estimate of drug-likeness (QED) is 0.513. The first-order valence-electron chi connectivity index (χ1n) is 10.6. The van der Waals surface area contributed by atoms with Crippen molar-refractivity contribution >= 4 is 17.2 Å². The third-order valence-corrected chi connectivity index (χ3v) is 5.58. The minimum Gasteiger partial charge on any atom is -0.479 e. The molecule has 0 amide bonds. The van der Waals surface area contributed by atoms with E-state index >= 15 is 0 Å². The van der Waals surface area contributed by atoms with Gasteiger partial charge < -0.3 is 14.8 Å². The lowest BCUT2D eigenvalue weighted by molar-refractivity contribution is -0.0133. The SMILES string of the molecule is COc1nc(NC2CCC(OC(C)C)CC2)nn2ccc(-c3cnc4nc#cn4c3)c12. The van der Waals surface area contributed by atoms with Crippen molar-refractivity contribution in [2.45, 2.75) is 57.8 Å². The predicted molar refractivity (Wildman–Crippen MR) is 115 cm³/mol. The minimum atomic E-state index is 0.271. The van der Waals surface area contributed by atoms with Gasteiger partial charge in [0.15, 0.2) is 0 Å². The Labute approximate surface area is 180 Å². The van der Waals surface area contributed by atoms with Crippen molar-refractivity contribution in [3.05, 3.63) is 37.1 Å². The van der Waals surface area contributed by atoms with Gasteiger partial charge in [0.2, 0.25) is 11.8 Å². The van der Waals surface area contributed by atoms with Gasteiger partial charge in [0.25, 0.3) is 5.78 Å². The summed E-state index contributed by atoms with van der Waals surface area (Å²) in [5.41, 5.74) is 2.60. The van der Waals surface area contributed by atoms with Crippen LogP contribution in [0.1, 0.15) is 39.5 Å². The molecule has 1 N–H and O–H groups in total. The Morgan fingerprint density at radius 3 is 2.84 bits per heavy atom. The molecule has 0 radical (unpaired) electrons. The van der Waals surface area contributed by atoms with Crippen molar-refractivity contribution in [2.75, 3.05) is 12.4 Å². The molecule has 4 aromatic heterocycles. The van der Waals surface area contributed by atoms with Gasteiger partial charge in [-0.05, 0) is 45.6 Å². The summed E-state index contributed by atoms with van der Waals surface area (Å²) in [6.07, 6.45) is 15.9. The Bertz CT molecular complexity index is 1190. The summed E-state index contributed by atoms with van der Waals surface area (Å²) in [4.78, 5) is 13.0. The number of nitrogens with zero attached hydrogens (tertiary/aromatic N) is 6. The van der Waals surface area contributed by atoms with E-state index in [-0.39, 0.29) is 6.10 Å². The average molecular weight is 419 g/mol. The van der Waals surface area contributed by atoms with Crippen LogP contribution in [0.2, 0.25) is 0 Å². The van der Waals surface area contributed by atoms with Crippen molar-refractivity contribution < 1.29 is 9.47 Å². The fourth-order valence-electron chi connectivity index (χ4n) is 4.19. The number of methoxy groups -OCH3 is 1. The van der Waals surface area contributed by atoms with Crippen molar-refractivity contribution in [2.24, 2.45) is 0 Å². The van der Waals surface area contributed by atoms with Crippen LogP contribution in [0.4, 0.5) is 5.95 Å². The van der Waals surface area contributed by atoms with E-state index in [0.717, 1.165) is 42.3 Å². The van der Waals surface area contributed by atoms with E-state index in [1.807, 2.05) is 18.5 Å². The number of aromatic nitrogens is 6. The van der Waals surface area contributed by atoms with Crippen LogP contribution in [0.5, 0.6) is 5.88 Å². The maximum atomic E-state index is 5.95. The molecule has 160 valence electrons. The summed E-state index contributed by atoms with van der Waals surface area (Å²) in [6.45, 7) is 4.18. The Hall–Kier alpha value is -3.38. The van der Waals surface area contributed by atoms with E-state index < -0.39 is 0 Å². The molecule has 5 rings (SSSR count). The molecular formula is C22H25N7O2. The maximum absolute atomic E-state index is 5.95. The molecule has 0 saturated heterocycles. The molecule has 0 aromatic carbocycles. The van der Waals surface area contributed by atoms with Crippen LogP contribution < -0.4 is 10.1 Å². The first-order valence-corrected chi connectivity index (χ1v) is 10.6. The third-order valence-electron chi connectivity index (χ3n) is 5.58. The van der Waals surface area contributed by atoms with Crippen LogP contribution in [-0.4, -0.2) is 54.3 Å². The van der Waals surface area contributed by atoms with Crippen LogP contribution >= 0.6 is 0 Å². The highest BCUT2D eigenvalue weighted by Crippen LogP contribution is 2.31. The topological polar surface area (TPSA) is 90.9 Å². The molecule has 9 nitrogen and oxygen atoms in total. The predicted octanol–water partition coefficient (Wildman–Crippen LogP) is 3.20. The molecule has 1 fully saturated rings. The Kier molecular flexibility index (Phi) is 5.08. The standard InChI is InChI=1S/C22H25N7O2/c1-14(2)31-17-6-4-16(5-7-17)25-21-26-20(30-3)19-18(8-10-29(19)27-21)15-12-24-22-23-9-11-28(22)13-15/h8,10,12-14,16-17H,4-7H2,1-3H3,(H,25,27). The fourth-order valence-corrected chi connectivity index (χ4v) is 4.19. The summed E-state index contributed by atoms with van der Waals surface area (Å²) < 4.78 is 15.1. The van der Waals surface area contributed by atoms with Crippen molar-refractivity contribution in [1.29, 1.82) is 0 Å². The molecule has 9 heteroatoms. The van der Waals surface area contributed by atoms with E-state index in [0.29, 0.717) is 29.8 Å². The summed E-state index contributed by atoms with van der Waals surface area (Å²) in [7, 11) is 1.62. The average Bonchev–Trinajstić information content (AvgIpc) is 3.40. The maximum Gasteiger partial charge on any atom is 0.250 e. The van der Waals surface area contributed by atoms with Crippen LogP contribution in [0.3, 0.4) is 0 Å². The lowest BCUT2D eigenvalue weighted by Gasteiger charge is -2.30. The summed E-state index contributed by atoms with van der Waals surface area (Å²) in [5, 5.41) is 8.15. The van der Waals surface area contributed by atoms with E-state index in [2.05, 4.69) is 51.6 Å². The second kappa shape index (κ2) is 8.04. The van der Waals surface area contributed by atoms with Gasteiger partial charge in [0.1, 0.15) is 5.52 Å². The number of hydrogen-bond acceptors (Lipinski definition) is 7. The number of fused-ring (bicyclic) bond motifs is 2. The minimum absolute atomic E-state index is 0.271. The number of anilines is 1. The van der Waals surface area contributed by atoms with Gasteiger partial charge in [0.05, 0.1) is 25.5 Å². The van der Waals surface area contributed by atoms with Gasteiger partial charge in [0, 0.05) is 42.0 Å². The molecule has 4 heterocycles. The molecule has 1 saturated carbocycles. The van der Waals surface area contributed by atoms with Gasteiger partial charge in [-0.15, -0.1) is 5.10 Å².